The van der Waals surface area contributed by atoms with E-state index in [-0.39, 0.29) is 0 Å². The van der Waals surface area contributed by atoms with Gasteiger partial charge in [0, 0.05) is 13.0 Å². The summed E-state index contributed by atoms with van der Waals surface area (Å²) in [4.78, 5) is 22.4. The molecule has 1 atom stereocenters. The Labute approximate surface area is 102 Å². The Kier molecular flexibility index (Phi) is 6.11. The van der Waals surface area contributed by atoms with Crippen LogP contribution in [0.3, 0.4) is 0 Å². The van der Waals surface area contributed by atoms with Crippen molar-refractivity contribution in [1.29, 1.82) is 0 Å². The molecule has 0 aromatic heterocycles. The van der Waals surface area contributed by atoms with Gasteiger partial charge in [-0.2, -0.15) is 0 Å². The van der Waals surface area contributed by atoms with Gasteiger partial charge in [0.1, 0.15) is 6.04 Å². The van der Waals surface area contributed by atoms with Gasteiger partial charge in [-0.1, -0.05) is 20.8 Å². The molecule has 0 saturated heterocycles. The Balaban J connectivity index is 4.16. The lowest BCUT2D eigenvalue weighted by Gasteiger charge is -2.27. The van der Waals surface area contributed by atoms with E-state index in [0.717, 1.165) is 0 Å². The Morgan fingerprint density at radius 1 is 1.41 bits per heavy atom. The first-order chi connectivity index (χ1) is 7.79. The number of unbranched alkanes of at least 4 members (excludes halogenated alkanes) is 1. The largest absolute Gasteiger partial charge is 0.480 e. The summed E-state index contributed by atoms with van der Waals surface area (Å²) in [6.07, 6.45) is 6.33. The number of terminal acetylenes is 1. The number of carboxylic acids is 1. The number of urea groups is 1. The fourth-order valence-electron chi connectivity index (χ4n) is 1.22. The van der Waals surface area contributed by atoms with Crippen LogP contribution in [0.25, 0.3) is 0 Å². The molecule has 0 aliphatic carbocycles. The molecule has 5 nitrogen and oxygen atoms in total. The van der Waals surface area contributed by atoms with Crippen LogP contribution < -0.4 is 10.6 Å². The zero-order valence-corrected chi connectivity index (χ0v) is 10.5. The SMILES string of the molecule is C#CCCCNC(=O)NC(C(=O)O)C(C)(C)C. The summed E-state index contributed by atoms with van der Waals surface area (Å²) in [5.74, 6) is 1.41. The molecule has 0 spiro atoms. The summed E-state index contributed by atoms with van der Waals surface area (Å²) < 4.78 is 0. The van der Waals surface area contributed by atoms with Crippen LogP contribution in [0.15, 0.2) is 0 Å². The number of carbonyl (C=O) groups excluding carboxylic acids is 1. The number of aliphatic carboxylic acids is 1. The summed E-state index contributed by atoms with van der Waals surface area (Å²) in [6.45, 7) is 5.70. The van der Waals surface area contributed by atoms with Crippen molar-refractivity contribution in [2.24, 2.45) is 5.41 Å². The van der Waals surface area contributed by atoms with Crippen molar-refractivity contribution in [3.05, 3.63) is 0 Å². The third-order valence-corrected chi connectivity index (χ3v) is 2.17. The lowest BCUT2D eigenvalue weighted by molar-refractivity contribution is -0.141. The zero-order valence-electron chi connectivity index (χ0n) is 10.5. The van der Waals surface area contributed by atoms with Crippen molar-refractivity contribution in [1.82, 2.24) is 10.6 Å². The maximum Gasteiger partial charge on any atom is 0.326 e. The molecule has 0 heterocycles. The van der Waals surface area contributed by atoms with E-state index in [1.54, 1.807) is 20.8 Å². The third-order valence-electron chi connectivity index (χ3n) is 2.17. The Bertz CT molecular complexity index is 313. The van der Waals surface area contributed by atoms with Crippen LogP contribution in [0.1, 0.15) is 33.6 Å². The number of carboxylic acid groups (broad SMARTS) is 1. The highest BCUT2D eigenvalue weighted by molar-refractivity contribution is 5.83. The minimum Gasteiger partial charge on any atom is -0.480 e. The van der Waals surface area contributed by atoms with E-state index in [9.17, 15) is 9.59 Å². The standard InChI is InChI=1S/C12H20N2O3/c1-5-6-7-8-13-11(17)14-9(10(15)16)12(2,3)4/h1,9H,6-8H2,2-4H3,(H,15,16)(H2,13,14,17). The van der Waals surface area contributed by atoms with E-state index in [1.807, 2.05) is 0 Å². The zero-order chi connectivity index (χ0) is 13.5. The minimum absolute atomic E-state index is 0.437. The first kappa shape index (κ1) is 15.3. The molecular formula is C12H20N2O3. The number of rotatable bonds is 5. The van der Waals surface area contributed by atoms with E-state index in [4.69, 9.17) is 11.5 Å². The second-order valence-electron chi connectivity index (χ2n) is 4.85. The fraction of sp³-hybridized carbons (Fsp3) is 0.667. The summed E-state index contributed by atoms with van der Waals surface area (Å²) in [5.41, 5.74) is -0.540. The van der Waals surface area contributed by atoms with Gasteiger partial charge in [-0.3, -0.25) is 0 Å². The lowest BCUT2D eigenvalue weighted by atomic mass is 9.87. The highest BCUT2D eigenvalue weighted by Gasteiger charge is 2.32. The molecule has 2 amide bonds. The van der Waals surface area contributed by atoms with Crippen molar-refractivity contribution < 1.29 is 14.7 Å². The van der Waals surface area contributed by atoms with Crippen molar-refractivity contribution in [2.45, 2.75) is 39.7 Å². The molecule has 0 aliphatic heterocycles. The van der Waals surface area contributed by atoms with E-state index in [1.165, 1.54) is 0 Å². The van der Waals surface area contributed by atoms with Gasteiger partial charge in [-0.15, -0.1) is 12.3 Å². The van der Waals surface area contributed by atoms with Gasteiger partial charge in [-0.05, 0) is 11.8 Å². The maximum absolute atomic E-state index is 11.4. The van der Waals surface area contributed by atoms with Gasteiger partial charge in [-0.25, -0.2) is 9.59 Å². The van der Waals surface area contributed by atoms with Crippen LogP contribution in [0.4, 0.5) is 4.79 Å². The van der Waals surface area contributed by atoms with Crippen LogP contribution in [0.5, 0.6) is 0 Å². The quantitative estimate of drug-likeness (QED) is 0.499. The van der Waals surface area contributed by atoms with Crippen molar-refractivity contribution in [3.8, 4) is 12.3 Å². The summed E-state index contributed by atoms with van der Waals surface area (Å²) in [7, 11) is 0. The van der Waals surface area contributed by atoms with Gasteiger partial charge in [0.15, 0.2) is 0 Å². The molecule has 1 unspecified atom stereocenters. The normalized spacial score (nSPS) is 12.4. The van der Waals surface area contributed by atoms with E-state index in [2.05, 4.69) is 16.6 Å². The van der Waals surface area contributed by atoms with E-state index < -0.39 is 23.5 Å². The van der Waals surface area contributed by atoms with Gasteiger partial charge in [0.05, 0.1) is 0 Å². The molecule has 0 aromatic carbocycles. The Morgan fingerprint density at radius 2 is 2.00 bits per heavy atom. The lowest BCUT2D eigenvalue weighted by Crippen LogP contribution is -2.52. The highest BCUT2D eigenvalue weighted by atomic mass is 16.4. The molecule has 96 valence electrons. The second kappa shape index (κ2) is 6.79. The third kappa shape index (κ3) is 6.46. The van der Waals surface area contributed by atoms with Gasteiger partial charge in [0.25, 0.3) is 0 Å². The molecule has 3 N–H and O–H groups in total. The average Bonchev–Trinajstić information content (AvgIpc) is 2.19. The van der Waals surface area contributed by atoms with Gasteiger partial charge in [0.2, 0.25) is 0 Å². The maximum atomic E-state index is 11.4. The Hall–Kier alpha value is -1.70. The molecule has 5 heteroatoms. The predicted molar refractivity (Wildman–Crippen MR) is 65.5 cm³/mol. The smallest absolute Gasteiger partial charge is 0.326 e. The van der Waals surface area contributed by atoms with Gasteiger partial charge < -0.3 is 15.7 Å². The summed E-state index contributed by atoms with van der Waals surface area (Å²) >= 11 is 0. The summed E-state index contributed by atoms with van der Waals surface area (Å²) in [6, 6.07) is -1.40. The second-order valence-corrected chi connectivity index (χ2v) is 4.85. The summed E-state index contributed by atoms with van der Waals surface area (Å²) in [5, 5.41) is 14.0. The number of hydrogen-bond acceptors (Lipinski definition) is 2. The molecule has 0 fully saturated rings. The molecule has 0 saturated carbocycles. The van der Waals surface area contributed by atoms with Crippen molar-refractivity contribution in [3.63, 3.8) is 0 Å². The average molecular weight is 240 g/mol. The van der Waals surface area contributed by atoms with Crippen molar-refractivity contribution >= 4 is 12.0 Å². The highest BCUT2D eigenvalue weighted by Crippen LogP contribution is 2.19. The molecule has 0 aliphatic rings. The first-order valence-electron chi connectivity index (χ1n) is 5.49. The molecule has 0 radical (unpaired) electrons. The fourth-order valence-corrected chi connectivity index (χ4v) is 1.22. The minimum atomic E-state index is -1.05. The van der Waals surface area contributed by atoms with E-state index in [0.29, 0.717) is 19.4 Å². The first-order valence-corrected chi connectivity index (χ1v) is 5.49. The number of carbonyl (C=O) groups is 2. The topological polar surface area (TPSA) is 78.4 Å². The number of hydrogen-bond donors (Lipinski definition) is 3. The van der Waals surface area contributed by atoms with Crippen LogP contribution >= 0.6 is 0 Å². The Morgan fingerprint density at radius 3 is 2.41 bits per heavy atom. The molecular weight excluding hydrogens is 220 g/mol. The van der Waals surface area contributed by atoms with Crippen LogP contribution in [-0.4, -0.2) is 29.7 Å². The molecule has 0 aromatic rings. The van der Waals surface area contributed by atoms with Gasteiger partial charge >= 0.3 is 12.0 Å². The molecule has 0 rings (SSSR count). The predicted octanol–water partition coefficient (Wildman–Crippen LogP) is 1.20. The van der Waals surface area contributed by atoms with Crippen LogP contribution in [0.2, 0.25) is 0 Å². The monoisotopic (exact) mass is 240 g/mol. The molecule has 17 heavy (non-hydrogen) atoms. The van der Waals surface area contributed by atoms with Crippen LogP contribution in [-0.2, 0) is 4.79 Å². The number of amides is 2. The number of nitrogens with one attached hydrogen (secondary N) is 2. The van der Waals surface area contributed by atoms with E-state index >= 15 is 0 Å². The molecule has 0 bridgehead atoms. The van der Waals surface area contributed by atoms with Crippen molar-refractivity contribution in [2.75, 3.05) is 6.54 Å². The van der Waals surface area contributed by atoms with Crippen LogP contribution in [0, 0.1) is 17.8 Å².